The maximum Gasteiger partial charge on any atom is 0.213 e. The van der Waals surface area contributed by atoms with Gasteiger partial charge < -0.3 is 4.74 Å². The summed E-state index contributed by atoms with van der Waals surface area (Å²) in [5, 5.41) is 10.1. The topological polar surface area (TPSA) is 52.4 Å². The van der Waals surface area contributed by atoms with Crippen LogP contribution in [0.3, 0.4) is 0 Å². The maximum atomic E-state index is 10.1. The van der Waals surface area contributed by atoms with Crippen molar-refractivity contribution < 1.29 is 9.66 Å². The van der Waals surface area contributed by atoms with E-state index in [1.807, 2.05) is 24.3 Å². The number of hydrogen-bond donors (Lipinski definition) is 0. The molecular weight excluding hydrogens is 202 g/mol. The summed E-state index contributed by atoms with van der Waals surface area (Å²) in [5.74, 6) is 1.29. The number of thioether (sulfide) groups is 1. The van der Waals surface area contributed by atoms with Crippen LogP contribution in [0, 0.1) is 10.1 Å². The molecule has 0 amide bonds. The van der Waals surface area contributed by atoms with E-state index >= 15 is 0 Å². The Morgan fingerprint density at radius 1 is 1.43 bits per heavy atom. The number of methoxy groups -OCH3 is 1. The monoisotopic (exact) mass is 213 g/mol. The summed E-state index contributed by atoms with van der Waals surface area (Å²) in [6.07, 6.45) is 0. The molecule has 76 valence electrons. The fourth-order valence-corrected chi connectivity index (χ4v) is 1.71. The fourth-order valence-electron chi connectivity index (χ4n) is 0.910. The molecular formula is C9H11NO3S. The van der Waals surface area contributed by atoms with Gasteiger partial charge in [0.05, 0.1) is 12.9 Å². The molecule has 5 heteroatoms. The quantitative estimate of drug-likeness (QED) is 0.427. The van der Waals surface area contributed by atoms with Crippen LogP contribution in [0.5, 0.6) is 5.75 Å². The Kier molecular flexibility index (Phi) is 4.25. The highest BCUT2D eigenvalue weighted by Crippen LogP contribution is 2.20. The van der Waals surface area contributed by atoms with Crippen molar-refractivity contribution in [3.05, 3.63) is 34.4 Å². The number of ether oxygens (including phenoxy) is 1. The van der Waals surface area contributed by atoms with Crippen LogP contribution in [0.1, 0.15) is 0 Å². The third-order valence-corrected chi connectivity index (χ3v) is 2.59. The van der Waals surface area contributed by atoms with Crippen LogP contribution in [-0.2, 0) is 0 Å². The zero-order valence-corrected chi connectivity index (χ0v) is 8.62. The summed E-state index contributed by atoms with van der Waals surface area (Å²) >= 11 is 1.47. The molecule has 0 aliphatic heterocycles. The molecule has 0 aliphatic carbocycles. The number of nitro groups is 1. The normalized spacial score (nSPS) is 9.79. The van der Waals surface area contributed by atoms with Gasteiger partial charge in [0.1, 0.15) is 5.75 Å². The maximum absolute atomic E-state index is 10.1. The van der Waals surface area contributed by atoms with Crippen molar-refractivity contribution in [3.8, 4) is 5.75 Å². The first-order chi connectivity index (χ1) is 6.72. The van der Waals surface area contributed by atoms with Gasteiger partial charge in [-0.2, -0.15) is 0 Å². The number of hydrogen-bond acceptors (Lipinski definition) is 4. The molecule has 1 aromatic carbocycles. The minimum atomic E-state index is -0.309. The van der Waals surface area contributed by atoms with Crippen LogP contribution < -0.4 is 4.74 Å². The van der Waals surface area contributed by atoms with Crippen molar-refractivity contribution in [1.29, 1.82) is 0 Å². The predicted octanol–water partition coefficient (Wildman–Crippen LogP) is 2.06. The van der Waals surface area contributed by atoms with Gasteiger partial charge in [0.2, 0.25) is 6.54 Å². The highest BCUT2D eigenvalue weighted by atomic mass is 32.2. The molecule has 0 spiro atoms. The van der Waals surface area contributed by atoms with Gasteiger partial charge in [-0.05, 0) is 24.3 Å². The van der Waals surface area contributed by atoms with Crippen molar-refractivity contribution in [2.75, 3.05) is 19.4 Å². The molecule has 14 heavy (non-hydrogen) atoms. The Morgan fingerprint density at radius 2 is 2.07 bits per heavy atom. The summed E-state index contributed by atoms with van der Waals surface area (Å²) in [6, 6.07) is 7.47. The first-order valence-electron chi connectivity index (χ1n) is 4.11. The molecule has 0 saturated carbocycles. The largest absolute Gasteiger partial charge is 0.497 e. The zero-order valence-electron chi connectivity index (χ0n) is 7.80. The lowest BCUT2D eigenvalue weighted by Gasteiger charge is -2.01. The van der Waals surface area contributed by atoms with Crippen LogP contribution in [0.4, 0.5) is 0 Å². The number of nitrogens with zero attached hydrogens (tertiary/aromatic N) is 1. The Bertz CT molecular complexity index is 299. The second-order valence-corrected chi connectivity index (χ2v) is 3.75. The third-order valence-electron chi connectivity index (χ3n) is 1.60. The lowest BCUT2D eigenvalue weighted by Crippen LogP contribution is -2.02. The van der Waals surface area contributed by atoms with Crippen molar-refractivity contribution in [1.82, 2.24) is 0 Å². The highest BCUT2D eigenvalue weighted by molar-refractivity contribution is 7.99. The lowest BCUT2D eigenvalue weighted by molar-refractivity contribution is -0.474. The van der Waals surface area contributed by atoms with Crippen LogP contribution in [0.2, 0.25) is 0 Å². The van der Waals surface area contributed by atoms with Gasteiger partial charge in [0, 0.05) is 9.82 Å². The molecule has 0 N–H and O–H groups in total. The Balaban J connectivity index is 2.40. The molecule has 0 saturated heterocycles. The fraction of sp³-hybridized carbons (Fsp3) is 0.333. The van der Waals surface area contributed by atoms with E-state index in [9.17, 15) is 10.1 Å². The molecule has 0 aliphatic rings. The smallest absolute Gasteiger partial charge is 0.213 e. The van der Waals surface area contributed by atoms with E-state index in [4.69, 9.17) is 4.74 Å². The molecule has 1 aromatic rings. The summed E-state index contributed by atoms with van der Waals surface area (Å²) in [4.78, 5) is 10.8. The van der Waals surface area contributed by atoms with E-state index in [2.05, 4.69) is 0 Å². The van der Waals surface area contributed by atoms with E-state index in [1.165, 1.54) is 11.8 Å². The minimum absolute atomic E-state index is 0.00328. The van der Waals surface area contributed by atoms with Gasteiger partial charge >= 0.3 is 0 Å². The first-order valence-corrected chi connectivity index (χ1v) is 5.09. The van der Waals surface area contributed by atoms with Crippen LogP contribution in [0.25, 0.3) is 0 Å². The lowest BCUT2D eigenvalue weighted by atomic mass is 10.3. The highest BCUT2D eigenvalue weighted by Gasteiger charge is 1.99. The Morgan fingerprint density at radius 3 is 2.57 bits per heavy atom. The Hall–Kier alpha value is -1.23. The molecule has 4 nitrogen and oxygen atoms in total. The van der Waals surface area contributed by atoms with E-state index in [0.717, 1.165) is 10.6 Å². The number of rotatable bonds is 5. The van der Waals surface area contributed by atoms with E-state index in [-0.39, 0.29) is 11.5 Å². The molecule has 0 bridgehead atoms. The molecule has 0 unspecified atom stereocenters. The van der Waals surface area contributed by atoms with Gasteiger partial charge in [-0.1, -0.05) is 0 Å². The zero-order chi connectivity index (χ0) is 10.4. The molecule has 0 heterocycles. The van der Waals surface area contributed by atoms with Gasteiger partial charge in [0.15, 0.2) is 0 Å². The average molecular weight is 213 g/mol. The van der Waals surface area contributed by atoms with Gasteiger partial charge in [-0.15, -0.1) is 11.8 Å². The van der Waals surface area contributed by atoms with Crippen LogP contribution in [0.15, 0.2) is 29.2 Å². The molecule has 0 radical (unpaired) electrons. The van der Waals surface area contributed by atoms with Crippen LogP contribution >= 0.6 is 11.8 Å². The molecule has 0 atom stereocenters. The summed E-state index contributed by atoms with van der Waals surface area (Å²) in [5.41, 5.74) is 0. The van der Waals surface area contributed by atoms with E-state index in [0.29, 0.717) is 5.75 Å². The molecule has 0 aromatic heterocycles. The second kappa shape index (κ2) is 5.49. The summed E-state index contributed by atoms with van der Waals surface area (Å²) < 4.78 is 4.99. The number of benzene rings is 1. The first kappa shape index (κ1) is 10.8. The predicted molar refractivity (Wildman–Crippen MR) is 55.6 cm³/mol. The SMILES string of the molecule is COc1ccc(SCC[N+](=O)[O-])cc1. The molecule has 0 fully saturated rings. The Labute approximate surface area is 86.4 Å². The molecule has 1 rings (SSSR count). The van der Waals surface area contributed by atoms with E-state index < -0.39 is 0 Å². The second-order valence-electron chi connectivity index (χ2n) is 2.58. The third kappa shape index (κ3) is 3.66. The van der Waals surface area contributed by atoms with Crippen molar-refractivity contribution >= 4 is 11.8 Å². The standard InChI is InChI=1S/C9H11NO3S/c1-13-8-2-4-9(5-3-8)14-7-6-10(11)12/h2-5H,6-7H2,1H3. The van der Waals surface area contributed by atoms with Crippen molar-refractivity contribution in [2.24, 2.45) is 0 Å². The summed E-state index contributed by atoms with van der Waals surface area (Å²) in [6.45, 7) is -0.00328. The average Bonchev–Trinajstić information content (AvgIpc) is 2.18. The minimum Gasteiger partial charge on any atom is -0.497 e. The van der Waals surface area contributed by atoms with Gasteiger partial charge in [0.25, 0.3) is 0 Å². The summed E-state index contributed by atoms with van der Waals surface area (Å²) in [7, 11) is 1.61. The van der Waals surface area contributed by atoms with Crippen LogP contribution in [-0.4, -0.2) is 24.3 Å². The van der Waals surface area contributed by atoms with Gasteiger partial charge in [-0.3, -0.25) is 10.1 Å². The van der Waals surface area contributed by atoms with Crippen molar-refractivity contribution in [3.63, 3.8) is 0 Å². The van der Waals surface area contributed by atoms with Crippen molar-refractivity contribution in [2.45, 2.75) is 4.90 Å². The van der Waals surface area contributed by atoms with Gasteiger partial charge in [-0.25, -0.2) is 0 Å². The van der Waals surface area contributed by atoms with E-state index in [1.54, 1.807) is 7.11 Å².